The van der Waals surface area contributed by atoms with E-state index in [2.05, 4.69) is 24.5 Å². The molecular formula is C30H44N2O4. The number of carbonyl (C=O) groups excluding carboxylic acids is 2. The van der Waals surface area contributed by atoms with Crippen molar-refractivity contribution >= 4 is 11.8 Å². The Kier molecular flexibility index (Phi) is 14.8. The van der Waals surface area contributed by atoms with E-state index in [0.717, 1.165) is 24.3 Å². The fourth-order valence-corrected chi connectivity index (χ4v) is 3.75. The zero-order valence-corrected chi connectivity index (χ0v) is 22.2. The van der Waals surface area contributed by atoms with E-state index >= 15 is 0 Å². The molecule has 0 unspecified atom stereocenters. The summed E-state index contributed by atoms with van der Waals surface area (Å²) in [5.41, 5.74) is 1.13. The number of nitrogens with one attached hydrogen (secondary N) is 2. The molecule has 0 heterocycles. The van der Waals surface area contributed by atoms with Crippen LogP contribution in [0.4, 0.5) is 0 Å². The molecule has 0 aliphatic heterocycles. The predicted molar refractivity (Wildman–Crippen MR) is 146 cm³/mol. The minimum atomic E-state index is -0.174. The van der Waals surface area contributed by atoms with Gasteiger partial charge in [0.05, 0.1) is 13.2 Å². The first kappa shape index (κ1) is 29.2. The van der Waals surface area contributed by atoms with Crippen LogP contribution in [-0.2, 0) is 0 Å². The van der Waals surface area contributed by atoms with Gasteiger partial charge in [-0.3, -0.25) is 9.59 Å². The highest BCUT2D eigenvalue weighted by atomic mass is 16.5. The molecule has 0 aliphatic carbocycles. The minimum absolute atomic E-state index is 0.174. The van der Waals surface area contributed by atoms with Crippen molar-refractivity contribution in [3.8, 4) is 11.5 Å². The Balaban J connectivity index is 1.60. The fraction of sp³-hybridized carbons (Fsp3) is 0.533. The summed E-state index contributed by atoms with van der Waals surface area (Å²) in [5.74, 6) is 1.20. The zero-order chi connectivity index (χ0) is 25.8. The average molecular weight is 497 g/mol. The summed E-state index contributed by atoms with van der Waals surface area (Å²) in [4.78, 5) is 24.7. The second kappa shape index (κ2) is 18.3. The summed E-state index contributed by atoms with van der Waals surface area (Å²) in [6, 6.07) is 14.3. The molecule has 0 spiro atoms. The van der Waals surface area contributed by atoms with Gasteiger partial charge in [-0.15, -0.1) is 0 Å². The standard InChI is InChI=1S/C30H44N2O4/c1-3-5-7-9-11-23-35-27-17-13-25(14-18-27)29(33)31-21-22-32-30(34)26-15-19-28(20-16-26)36-24-12-10-8-6-4-2/h13-20H,3-12,21-24H2,1-2H3,(H,31,33)(H,32,34). The molecule has 6 nitrogen and oxygen atoms in total. The second-order valence-electron chi connectivity index (χ2n) is 9.09. The lowest BCUT2D eigenvalue weighted by molar-refractivity contribution is 0.0927. The Morgan fingerprint density at radius 1 is 0.556 bits per heavy atom. The number of rotatable bonds is 19. The van der Waals surface area contributed by atoms with Gasteiger partial charge in [-0.2, -0.15) is 0 Å². The molecule has 0 atom stereocenters. The van der Waals surface area contributed by atoms with Gasteiger partial charge in [0.2, 0.25) is 0 Å². The maximum atomic E-state index is 12.4. The number of benzene rings is 2. The largest absolute Gasteiger partial charge is 0.494 e. The SMILES string of the molecule is CCCCCCCOc1ccc(C(=O)NCCNC(=O)c2ccc(OCCCCCCC)cc2)cc1. The number of ether oxygens (including phenoxy) is 2. The van der Waals surface area contributed by atoms with Gasteiger partial charge in [-0.1, -0.05) is 65.2 Å². The Bertz CT molecular complexity index is 792. The van der Waals surface area contributed by atoms with Crippen LogP contribution in [0.15, 0.2) is 48.5 Å². The summed E-state index contributed by atoms with van der Waals surface area (Å²) >= 11 is 0. The molecule has 0 radical (unpaired) electrons. The van der Waals surface area contributed by atoms with Crippen LogP contribution in [0.2, 0.25) is 0 Å². The van der Waals surface area contributed by atoms with Crippen molar-refractivity contribution < 1.29 is 19.1 Å². The molecular weight excluding hydrogens is 452 g/mol. The van der Waals surface area contributed by atoms with E-state index < -0.39 is 0 Å². The maximum Gasteiger partial charge on any atom is 0.251 e. The monoisotopic (exact) mass is 496 g/mol. The first-order chi connectivity index (χ1) is 17.6. The van der Waals surface area contributed by atoms with Gasteiger partial charge in [0.15, 0.2) is 0 Å². The summed E-state index contributed by atoms with van der Waals surface area (Å²) in [5, 5.41) is 5.67. The van der Waals surface area contributed by atoms with Crippen LogP contribution < -0.4 is 20.1 Å². The van der Waals surface area contributed by atoms with E-state index in [1.807, 2.05) is 24.3 Å². The molecule has 36 heavy (non-hydrogen) atoms. The molecule has 0 saturated carbocycles. The predicted octanol–water partition coefficient (Wildman–Crippen LogP) is 6.54. The van der Waals surface area contributed by atoms with Crippen molar-refractivity contribution in [3.05, 3.63) is 59.7 Å². The van der Waals surface area contributed by atoms with Gasteiger partial charge in [0.1, 0.15) is 11.5 Å². The Morgan fingerprint density at radius 2 is 0.917 bits per heavy atom. The molecule has 0 fully saturated rings. The molecule has 2 rings (SSSR count). The summed E-state index contributed by atoms with van der Waals surface area (Å²) in [7, 11) is 0. The smallest absolute Gasteiger partial charge is 0.251 e. The van der Waals surface area contributed by atoms with Gasteiger partial charge in [-0.05, 0) is 61.4 Å². The third kappa shape index (κ3) is 12.1. The van der Waals surface area contributed by atoms with Crippen molar-refractivity contribution in [2.75, 3.05) is 26.3 Å². The molecule has 2 aromatic carbocycles. The molecule has 2 N–H and O–H groups in total. The lowest BCUT2D eigenvalue weighted by Crippen LogP contribution is -2.34. The van der Waals surface area contributed by atoms with Crippen molar-refractivity contribution in [2.24, 2.45) is 0 Å². The maximum absolute atomic E-state index is 12.4. The van der Waals surface area contributed by atoms with Crippen molar-refractivity contribution in [2.45, 2.75) is 78.1 Å². The molecule has 0 saturated heterocycles. The van der Waals surface area contributed by atoms with E-state index in [4.69, 9.17) is 9.47 Å². The van der Waals surface area contributed by atoms with Crippen LogP contribution >= 0.6 is 0 Å². The number of carbonyl (C=O) groups is 2. The van der Waals surface area contributed by atoms with Crippen molar-refractivity contribution in [1.82, 2.24) is 10.6 Å². The molecule has 198 valence electrons. The van der Waals surface area contributed by atoms with E-state index in [1.54, 1.807) is 24.3 Å². The van der Waals surface area contributed by atoms with Gasteiger partial charge >= 0.3 is 0 Å². The first-order valence-corrected chi connectivity index (χ1v) is 13.7. The normalized spacial score (nSPS) is 10.6. The molecule has 0 bridgehead atoms. The van der Waals surface area contributed by atoms with Crippen molar-refractivity contribution in [3.63, 3.8) is 0 Å². The zero-order valence-electron chi connectivity index (χ0n) is 22.2. The summed E-state index contributed by atoms with van der Waals surface area (Å²) in [6.45, 7) is 6.50. The van der Waals surface area contributed by atoms with Crippen molar-refractivity contribution in [1.29, 1.82) is 0 Å². The first-order valence-electron chi connectivity index (χ1n) is 13.7. The number of hydrogen-bond donors (Lipinski definition) is 2. The molecule has 2 aromatic rings. The second-order valence-corrected chi connectivity index (χ2v) is 9.09. The third-order valence-corrected chi connectivity index (χ3v) is 5.96. The Labute approximate surface area is 217 Å². The summed E-state index contributed by atoms with van der Waals surface area (Å²) in [6.07, 6.45) is 12.0. The molecule has 0 aromatic heterocycles. The third-order valence-electron chi connectivity index (χ3n) is 5.96. The van der Waals surface area contributed by atoms with Gasteiger partial charge in [0.25, 0.3) is 11.8 Å². The average Bonchev–Trinajstić information content (AvgIpc) is 2.91. The number of hydrogen-bond acceptors (Lipinski definition) is 4. The van der Waals surface area contributed by atoms with Crippen LogP contribution in [0.25, 0.3) is 0 Å². The van der Waals surface area contributed by atoms with Crippen LogP contribution in [-0.4, -0.2) is 38.1 Å². The minimum Gasteiger partial charge on any atom is -0.494 e. The van der Waals surface area contributed by atoms with E-state index in [0.29, 0.717) is 37.4 Å². The van der Waals surface area contributed by atoms with Crippen LogP contribution in [0.1, 0.15) is 98.8 Å². The van der Waals surface area contributed by atoms with E-state index in [1.165, 1.54) is 51.4 Å². The van der Waals surface area contributed by atoms with Gasteiger partial charge < -0.3 is 20.1 Å². The van der Waals surface area contributed by atoms with E-state index in [-0.39, 0.29) is 11.8 Å². The van der Waals surface area contributed by atoms with E-state index in [9.17, 15) is 9.59 Å². The molecule has 6 heteroatoms. The highest BCUT2D eigenvalue weighted by Gasteiger charge is 2.08. The quantitative estimate of drug-likeness (QED) is 0.216. The highest BCUT2D eigenvalue weighted by molar-refractivity contribution is 5.95. The Hall–Kier alpha value is -3.02. The van der Waals surface area contributed by atoms with Crippen LogP contribution in [0.5, 0.6) is 11.5 Å². The van der Waals surface area contributed by atoms with Crippen LogP contribution in [0, 0.1) is 0 Å². The topological polar surface area (TPSA) is 76.7 Å². The lowest BCUT2D eigenvalue weighted by atomic mass is 10.2. The molecule has 2 amide bonds. The summed E-state index contributed by atoms with van der Waals surface area (Å²) < 4.78 is 11.5. The Morgan fingerprint density at radius 3 is 1.28 bits per heavy atom. The number of unbranched alkanes of at least 4 members (excludes halogenated alkanes) is 8. The van der Waals surface area contributed by atoms with Gasteiger partial charge in [-0.25, -0.2) is 0 Å². The number of amides is 2. The lowest BCUT2D eigenvalue weighted by Gasteiger charge is -2.10. The fourth-order valence-electron chi connectivity index (χ4n) is 3.75. The highest BCUT2D eigenvalue weighted by Crippen LogP contribution is 2.14. The van der Waals surface area contributed by atoms with Crippen LogP contribution in [0.3, 0.4) is 0 Å². The molecule has 0 aliphatic rings. The van der Waals surface area contributed by atoms with Gasteiger partial charge in [0, 0.05) is 24.2 Å².